The number of aliphatic hydroxyl groups excluding tert-OH is 1. The van der Waals surface area contributed by atoms with Crippen LogP contribution in [0.1, 0.15) is 12.5 Å². The van der Waals surface area contributed by atoms with E-state index < -0.39 is 5.97 Å². The molecular formula is C16H22O5. The number of aliphatic hydroxyl groups is 1. The minimum Gasteiger partial charge on any atom is -0.466 e. The Morgan fingerprint density at radius 1 is 1.24 bits per heavy atom. The van der Waals surface area contributed by atoms with Crippen molar-refractivity contribution in [3.05, 3.63) is 60.7 Å². The van der Waals surface area contributed by atoms with Crippen molar-refractivity contribution in [1.82, 2.24) is 0 Å². The molecule has 5 nitrogen and oxygen atoms in total. The van der Waals surface area contributed by atoms with Gasteiger partial charge in [0.15, 0.2) is 0 Å². The van der Waals surface area contributed by atoms with E-state index in [4.69, 9.17) is 9.84 Å². The minimum absolute atomic E-state index is 0.312. The molecule has 0 aromatic heterocycles. The van der Waals surface area contributed by atoms with Crippen molar-refractivity contribution in [1.29, 1.82) is 0 Å². The number of ether oxygens (including phenoxy) is 2. The molecule has 0 fully saturated rings. The third kappa shape index (κ3) is 12.4. The fourth-order valence-electron chi connectivity index (χ4n) is 0.930. The molecule has 1 aromatic carbocycles. The van der Waals surface area contributed by atoms with Gasteiger partial charge in [-0.25, -0.2) is 9.59 Å². The molecule has 0 spiro atoms. The summed E-state index contributed by atoms with van der Waals surface area (Å²) in [5, 5.41) is 7.00. The zero-order chi connectivity index (χ0) is 16.7. The van der Waals surface area contributed by atoms with Crippen molar-refractivity contribution in [2.45, 2.75) is 13.5 Å². The second-order valence-electron chi connectivity index (χ2n) is 3.57. The molecule has 5 heteroatoms. The number of esters is 2. The van der Waals surface area contributed by atoms with Crippen LogP contribution in [0.4, 0.5) is 0 Å². The van der Waals surface area contributed by atoms with Crippen LogP contribution in [0.15, 0.2) is 55.1 Å². The van der Waals surface area contributed by atoms with Crippen molar-refractivity contribution >= 4 is 11.9 Å². The van der Waals surface area contributed by atoms with E-state index in [1.807, 2.05) is 30.3 Å². The molecule has 0 heterocycles. The number of carbonyl (C=O) groups is 2. The first-order valence-electron chi connectivity index (χ1n) is 6.03. The lowest BCUT2D eigenvalue weighted by molar-refractivity contribution is -0.140. The monoisotopic (exact) mass is 294 g/mol. The van der Waals surface area contributed by atoms with E-state index in [2.05, 4.69) is 17.9 Å². The van der Waals surface area contributed by atoms with Gasteiger partial charge in [-0.1, -0.05) is 43.5 Å². The fraction of sp³-hybridized carbons (Fsp3) is 0.250. The van der Waals surface area contributed by atoms with Gasteiger partial charge in [0, 0.05) is 18.8 Å². The Labute approximate surface area is 125 Å². The van der Waals surface area contributed by atoms with Gasteiger partial charge in [0.25, 0.3) is 0 Å². The van der Waals surface area contributed by atoms with Crippen LogP contribution in [0.5, 0.6) is 0 Å². The molecule has 0 amide bonds. The van der Waals surface area contributed by atoms with E-state index in [0.717, 1.165) is 18.7 Å². The molecule has 0 radical (unpaired) electrons. The maximum Gasteiger partial charge on any atom is 0.333 e. The highest BCUT2D eigenvalue weighted by atomic mass is 16.5. The van der Waals surface area contributed by atoms with Gasteiger partial charge < -0.3 is 14.6 Å². The third-order valence-electron chi connectivity index (χ3n) is 1.93. The Balaban J connectivity index is 0. The summed E-state index contributed by atoms with van der Waals surface area (Å²) in [5.74, 6) is -0.737. The van der Waals surface area contributed by atoms with Crippen molar-refractivity contribution in [2.24, 2.45) is 0 Å². The molecule has 1 N–H and O–H groups in total. The first-order valence-corrected chi connectivity index (χ1v) is 6.03. The molecule has 0 aliphatic carbocycles. The molecule has 21 heavy (non-hydrogen) atoms. The molecule has 0 bridgehead atoms. The van der Waals surface area contributed by atoms with Gasteiger partial charge in [-0.2, -0.15) is 0 Å². The predicted molar refractivity (Wildman–Crippen MR) is 81.4 cm³/mol. The molecule has 0 saturated carbocycles. The average molecular weight is 294 g/mol. The first-order chi connectivity index (χ1) is 10.0. The Kier molecular flexibility index (Phi) is 14.0. The lowest BCUT2D eigenvalue weighted by Gasteiger charge is -2.03. The fourth-order valence-corrected chi connectivity index (χ4v) is 0.930. The summed E-state index contributed by atoms with van der Waals surface area (Å²) in [6.07, 6.45) is 1.11. The third-order valence-corrected chi connectivity index (χ3v) is 1.93. The summed E-state index contributed by atoms with van der Waals surface area (Å²) >= 11 is 0. The lowest BCUT2D eigenvalue weighted by atomic mass is 10.2. The summed E-state index contributed by atoms with van der Waals surface area (Å²) in [6, 6.07) is 9.55. The standard InChI is InChI=1S/C11H12O2.C4H6O2.CH4O/c1-9(2)11(12)13-8-10-6-4-3-5-7-10;1-3-4(5)6-2;1-2/h3-7H,1,8H2,2H3;3H,1H2,2H3;2H,1H3. The quantitative estimate of drug-likeness (QED) is 0.681. The van der Waals surface area contributed by atoms with E-state index in [0.29, 0.717) is 12.2 Å². The zero-order valence-electron chi connectivity index (χ0n) is 12.7. The highest BCUT2D eigenvalue weighted by molar-refractivity contribution is 5.86. The second kappa shape index (κ2) is 14.0. The number of hydrogen-bond donors (Lipinski definition) is 1. The summed E-state index contributed by atoms with van der Waals surface area (Å²) in [7, 11) is 2.31. The van der Waals surface area contributed by atoms with E-state index in [-0.39, 0.29) is 5.97 Å². The number of methoxy groups -OCH3 is 1. The van der Waals surface area contributed by atoms with Crippen LogP contribution in [0.2, 0.25) is 0 Å². The van der Waals surface area contributed by atoms with Crippen LogP contribution < -0.4 is 0 Å². The topological polar surface area (TPSA) is 72.8 Å². The molecule has 0 aliphatic rings. The van der Waals surface area contributed by atoms with Gasteiger partial charge in [-0.3, -0.25) is 0 Å². The largest absolute Gasteiger partial charge is 0.466 e. The van der Waals surface area contributed by atoms with Crippen LogP contribution in [0, 0.1) is 0 Å². The molecule has 1 aromatic rings. The zero-order valence-corrected chi connectivity index (χ0v) is 12.7. The van der Waals surface area contributed by atoms with Gasteiger partial charge >= 0.3 is 11.9 Å². The second-order valence-corrected chi connectivity index (χ2v) is 3.57. The van der Waals surface area contributed by atoms with Gasteiger partial charge in [0.05, 0.1) is 7.11 Å². The van der Waals surface area contributed by atoms with Crippen LogP contribution in [0.25, 0.3) is 0 Å². The molecule has 0 aliphatic heterocycles. The van der Waals surface area contributed by atoms with Crippen molar-refractivity contribution in [3.8, 4) is 0 Å². The first kappa shape index (κ1) is 20.9. The van der Waals surface area contributed by atoms with E-state index in [1.54, 1.807) is 6.92 Å². The molecule has 1 rings (SSSR count). The summed E-state index contributed by atoms with van der Waals surface area (Å²) < 4.78 is 9.09. The van der Waals surface area contributed by atoms with Gasteiger partial charge in [-0.05, 0) is 12.5 Å². The van der Waals surface area contributed by atoms with E-state index >= 15 is 0 Å². The van der Waals surface area contributed by atoms with Crippen molar-refractivity contribution in [3.63, 3.8) is 0 Å². The maximum absolute atomic E-state index is 11.0. The number of benzene rings is 1. The van der Waals surface area contributed by atoms with E-state index in [9.17, 15) is 9.59 Å². The number of hydrogen-bond acceptors (Lipinski definition) is 5. The van der Waals surface area contributed by atoms with Crippen LogP contribution in [-0.4, -0.2) is 31.3 Å². The lowest BCUT2D eigenvalue weighted by Crippen LogP contribution is -2.04. The molecule has 0 saturated heterocycles. The minimum atomic E-state index is -0.394. The Hall–Kier alpha value is -2.40. The van der Waals surface area contributed by atoms with E-state index in [1.165, 1.54) is 7.11 Å². The van der Waals surface area contributed by atoms with Gasteiger partial charge in [0.1, 0.15) is 6.61 Å². The molecule has 0 unspecified atom stereocenters. The summed E-state index contributed by atoms with van der Waals surface area (Å²) in [6.45, 7) is 8.59. The molecule has 0 atom stereocenters. The van der Waals surface area contributed by atoms with Gasteiger partial charge in [-0.15, -0.1) is 0 Å². The Morgan fingerprint density at radius 3 is 2.10 bits per heavy atom. The Morgan fingerprint density at radius 2 is 1.76 bits per heavy atom. The maximum atomic E-state index is 11.0. The summed E-state index contributed by atoms with van der Waals surface area (Å²) in [4.78, 5) is 20.8. The highest BCUT2D eigenvalue weighted by Crippen LogP contribution is 2.02. The van der Waals surface area contributed by atoms with Crippen LogP contribution >= 0.6 is 0 Å². The van der Waals surface area contributed by atoms with Gasteiger partial charge in [0.2, 0.25) is 0 Å². The summed E-state index contributed by atoms with van der Waals surface area (Å²) in [5.41, 5.74) is 1.41. The highest BCUT2D eigenvalue weighted by Gasteiger charge is 2.02. The average Bonchev–Trinajstić information content (AvgIpc) is 2.55. The molecule has 116 valence electrons. The number of rotatable bonds is 4. The normalized spacial score (nSPS) is 8.00. The smallest absolute Gasteiger partial charge is 0.333 e. The van der Waals surface area contributed by atoms with Crippen LogP contribution in [-0.2, 0) is 25.7 Å². The van der Waals surface area contributed by atoms with Crippen molar-refractivity contribution in [2.75, 3.05) is 14.2 Å². The predicted octanol–water partition coefficient (Wildman–Crippen LogP) is 2.26. The Bertz CT molecular complexity index is 437. The SMILES string of the molecule is C=C(C)C(=O)OCc1ccccc1.C=CC(=O)OC.CO. The number of carbonyl (C=O) groups excluding carboxylic acids is 2. The molecular weight excluding hydrogens is 272 g/mol. The van der Waals surface area contributed by atoms with Crippen LogP contribution in [0.3, 0.4) is 0 Å². The van der Waals surface area contributed by atoms with Crippen molar-refractivity contribution < 1.29 is 24.2 Å².